The summed E-state index contributed by atoms with van der Waals surface area (Å²) in [6.45, 7) is 0. The number of halogens is 3. The van der Waals surface area contributed by atoms with Crippen molar-refractivity contribution in [1.29, 1.82) is 0 Å². The number of nitrogens with two attached hydrogens (primary N) is 1. The molecule has 2 aromatic rings. The number of carbonyl (C=O) groups excluding carboxylic acids is 2. The lowest BCUT2D eigenvalue weighted by Gasteiger charge is -2.16. The van der Waals surface area contributed by atoms with Crippen molar-refractivity contribution >= 4 is 23.4 Å². The predicted octanol–water partition coefficient (Wildman–Crippen LogP) is 2.44. The first-order valence-electron chi connectivity index (χ1n) is 6.67. The molecular weight excluding hydrogens is 326 g/mol. The van der Waals surface area contributed by atoms with E-state index in [2.05, 4.69) is 5.32 Å². The summed E-state index contributed by atoms with van der Waals surface area (Å²) in [7, 11) is 0. The molecule has 0 bridgehead atoms. The highest BCUT2D eigenvalue weighted by atomic mass is 35.5. The molecule has 0 fully saturated rings. The van der Waals surface area contributed by atoms with Crippen molar-refractivity contribution in [3.63, 3.8) is 0 Å². The zero-order valence-electron chi connectivity index (χ0n) is 11.9. The molecule has 120 valence electrons. The summed E-state index contributed by atoms with van der Waals surface area (Å²) >= 11 is 6.00. The molecule has 3 N–H and O–H groups in total. The van der Waals surface area contributed by atoms with Crippen molar-refractivity contribution in [2.45, 2.75) is 12.5 Å². The highest BCUT2D eigenvalue weighted by Gasteiger charge is 2.23. The Bertz CT molecular complexity index is 753. The topological polar surface area (TPSA) is 72.2 Å². The Morgan fingerprint density at radius 3 is 2.48 bits per heavy atom. The van der Waals surface area contributed by atoms with E-state index in [4.69, 9.17) is 17.3 Å². The van der Waals surface area contributed by atoms with Gasteiger partial charge in [0.15, 0.2) is 11.6 Å². The molecule has 0 radical (unpaired) electrons. The van der Waals surface area contributed by atoms with Crippen molar-refractivity contribution in [1.82, 2.24) is 5.32 Å². The molecule has 0 aliphatic rings. The van der Waals surface area contributed by atoms with Gasteiger partial charge in [-0.2, -0.15) is 0 Å². The van der Waals surface area contributed by atoms with Crippen LogP contribution < -0.4 is 11.1 Å². The molecule has 0 aliphatic carbocycles. The molecule has 0 saturated carbocycles. The molecular formula is C16H13ClF2N2O2. The van der Waals surface area contributed by atoms with Crippen LogP contribution in [0.2, 0.25) is 5.02 Å². The largest absolute Gasteiger partial charge is 0.368 e. The summed E-state index contributed by atoms with van der Waals surface area (Å²) < 4.78 is 26.8. The number of hydrogen-bond donors (Lipinski definition) is 2. The average molecular weight is 339 g/mol. The van der Waals surface area contributed by atoms with Crippen molar-refractivity contribution in [3.05, 3.63) is 70.2 Å². The van der Waals surface area contributed by atoms with Crippen molar-refractivity contribution in [2.24, 2.45) is 5.73 Å². The van der Waals surface area contributed by atoms with Gasteiger partial charge in [0.05, 0.1) is 5.56 Å². The standard InChI is InChI=1S/C16H13ClF2N2O2/c17-11-6-2-1-4-9(11)8-13(15(20)22)21-16(23)10-5-3-7-12(18)14(10)19/h1-7,13H,8H2,(H2,20,22)(H,21,23)/t13-/m1/s1. The molecule has 0 heterocycles. The first-order valence-corrected chi connectivity index (χ1v) is 7.05. The van der Waals surface area contributed by atoms with Crippen LogP contribution in [0.5, 0.6) is 0 Å². The minimum atomic E-state index is -1.29. The zero-order chi connectivity index (χ0) is 17.0. The maximum absolute atomic E-state index is 13.6. The summed E-state index contributed by atoms with van der Waals surface area (Å²) in [6.07, 6.45) is 0.0394. The smallest absolute Gasteiger partial charge is 0.255 e. The average Bonchev–Trinajstić information content (AvgIpc) is 2.51. The fourth-order valence-electron chi connectivity index (χ4n) is 2.02. The van der Waals surface area contributed by atoms with Gasteiger partial charge < -0.3 is 11.1 Å². The van der Waals surface area contributed by atoms with E-state index < -0.39 is 35.1 Å². The summed E-state index contributed by atoms with van der Waals surface area (Å²) in [6, 6.07) is 8.82. The van der Waals surface area contributed by atoms with E-state index in [-0.39, 0.29) is 6.42 Å². The molecule has 7 heteroatoms. The third-order valence-corrected chi connectivity index (χ3v) is 3.60. The highest BCUT2D eigenvalue weighted by Crippen LogP contribution is 2.17. The second-order valence-electron chi connectivity index (χ2n) is 4.83. The van der Waals surface area contributed by atoms with E-state index in [0.717, 1.165) is 12.1 Å². The summed E-state index contributed by atoms with van der Waals surface area (Å²) in [5.74, 6) is -4.18. The Morgan fingerprint density at radius 2 is 1.83 bits per heavy atom. The van der Waals surface area contributed by atoms with E-state index in [9.17, 15) is 18.4 Å². The Kier molecular flexibility index (Phi) is 5.28. The molecule has 1 atom stereocenters. The molecule has 0 spiro atoms. The van der Waals surface area contributed by atoms with Crippen LogP contribution in [0.3, 0.4) is 0 Å². The molecule has 0 saturated heterocycles. The van der Waals surface area contributed by atoms with Crippen LogP contribution in [-0.4, -0.2) is 17.9 Å². The van der Waals surface area contributed by atoms with Crippen LogP contribution in [0.1, 0.15) is 15.9 Å². The van der Waals surface area contributed by atoms with Crippen molar-refractivity contribution in [2.75, 3.05) is 0 Å². The predicted molar refractivity (Wildman–Crippen MR) is 82.0 cm³/mol. The van der Waals surface area contributed by atoms with Crippen molar-refractivity contribution < 1.29 is 18.4 Å². The third-order valence-electron chi connectivity index (χ3n) is 3.23. The van der Waals surface area contributed by atoms with Crippen LogP contribution in [0, 0.1) is 11.6 Å². The lowest BCUT2D eigenvalue weighted by atomic mass is 10.0. The molecule has 0 unspecified atom stereocenters. The number of amides is 2. The van der Waals surface area contributed by atoms with Gasteiger partial charge in [0.1, 0.15) is 6.04 Å². The first kappa shape index (κ1) is 16.9. The van der Waals surface area contributed by atoms with E-state index in [0.29, 0.717) is 10.6 Å². The van der Waals surface area contributed by atoms with Crippen LogP contribution in [0.4, 0.5) is 8.78 Å². The number of primary amides is 1. The van der Waals surface area contributed by atoms with Gasteiger partial charge in [-0.3, -0.25) is 9.59 Å². The van der Waals surface area contributed by atoms with Crippen LogP contribution >= 0.6 is 11.6 Å². The number of rotatable bonds is 5. The lowest BCUT2D eigenvalue weighted by molar-refractivity contribution is -0.119. The normalized spacial score (nSPS) is 11.8. The zero-order valence-corrected chi connectivity index (χ0v) is 12.6. The number of benzene rings is 2. The number of hydrogen-bond acceptors (Lipinski definition) is 2. The molecule has 2 aromatic carbocycles. The lowest BCUT2D eigenvalue weighted by Crippen LogP contribution is -2.46. The van der Waals surface area contributed by atoms with Gasteiger partial charge in [-0.25, -0.2) is 8.78 Å². The van der Waals surface area contributed by atoms with E-state index >= 15 is 0 Å². The SMILES string of the molecule is NC(=O)[C@@H](Cc1ccccc1Cl)NC(=O)c1cccc(F)c1F. The van der Waals surface area contributed by atoms with E-state index in [1.165, 1.54) is 6.07 Å². The van der Waals surface area contributed by atoms with Gasteiger partial charge >= 0.3 is 0 Å². The summed E-state index contributed by atoms with van der Waals surface area (Å²) in [5, 5.41) is 2.71. The molecule has 23 heavy (non-hydrogen) atoms. The molecule has 2 amide bonds. The maximum Gasteiger partial charge on any atom is 0.255 e. The number of carbonyl (C=O) groups is 2. The van der Waals surface area contributed by atoms with E-state index in [1.54, 1.807) is 24.3 Å². The first-order chi connectivity index (χ1) is 10.9. The summed E-state index contributed by atoms with van der Waals surface area (Å²) in [4.78, 5) is 23.6. The minimum Gasteiger partial charge on any atom is -0.368 e. The molecule has 4 nitrogen and oxygen atoms in total. The van der Waals surface area contributed by atoms with Gasteiger partial charge in [0.25, 0.3) is 5.91 Å². The minimum absolute atomic E-state index is 0.0394. The monoisotopic (exact) mass is 338 g/mol. The molecule has 0 aliphatic heterocycles. The van der Waals surface area contributed by atoms with E-state index in [1.807, 2.05) is 0 Å². The Balaban J connectivity index is 2.20. The second-order valence-corrected chi connectivity index (χ2v) is 5.23. The van der Waals surface area contributed by atoms with Crippen molar-refractivity contribution in [3.8, 4) is 0 Å². The Labute approximate surface area is 136 Å². The van der Waals surface area contributed by atoms with Crippen LogP contribution in [-0.2, 0) is 11.2 Å². The van der Waals surface area contributed by atoms with Crippen LogP contribution in [0.25, 0.3) is 0 Å². The van der Waals surface area contributed by atoms with Gasteiger partial charge in [-0.1, -0.05) is 35.9 Å². The van der Waals surface area contributed by atoms with Gasteiger partial charge in [-0.05, 0) is 23.8 Å². The second kappa shape index (κ2) is 7.19. The van der Waals surface area contributed by atoms with Gasteiger partial charge in [0.2, 0.25) is 5.91 Å². The fraction of sp³-hybridized carbons (Fsp3) is 0.125. The third kappa shape index (κ3) is 4.04. The molecule has 2 rings (SSSR count). The fourth-order valence-corrected chi connectivity index (χ4v) is 2.23. The number of nitrogens with one attached hydrogen (secondary N) is 1. The van der Waals surface area contributed by atoms with Gasteiger partial charge in [0, 0.05) is 11.4 Å². The Morgan fingerprint density at radius 1 is 1.13 bits per heavy atom. The maximum atomic E-state index is 13.6. The summed E-state index contributed by atoms with van der Waals surface area (Å²) in [5.41, 5.74) is 5.36. The van der Waals surface area contributed by atoms with Crippen LogP contribution in [0.15, 0.2) is 42.5 Å². The Hall–Kier alpha value is -2.47. The van der Waals surface area contributed by atoms with Gasteiger partial charge in [-0.15, -0.1) is 0 Å². The molecule has 0 aromatic heterocycles. The highest BCUT2D eigenvalue weighted by molar-refractivity contribution is 6.31. The quantitative estimate of drug-likeness (QED) is 0.879.